The summed E-state index contributed by atoms with van der Waals surface area (Å²) >= 11 is 0. The highest BCUT2D eigenvalue weighted by Gasteiger charge is 2.18. The van der Waals surface area contributed by atoms with Gasteiger partial charge in [0.15, 0.2) is 6.10 Å². The van der Waals surface area contributed by atoms with Gasteiger partial charge in [0, 0.05) is 6.61 Å². The molecule has 0 fully saturated rings. The van der Waals surface area contributed by atoms with Crippen LogP contribution in [0.1, 0.15) is 79.1 Å². The molecule has 0 aliphatic rings. The van der Waals surface area contributed by atoms with Crippen LogP contribution in [0.3, 0.4) is 0 Å². The van der Waals surface area contributed by atoms with Crippen molar-refractivity contribution in [1.29, 1.82) is 0 Å². The Balaban J connectivity index is 1.71. The van der Waals surface area contributed by atoms with Gasteiger partial charge in [-0.15, -0.1) is 0 Å². The van der Waals surface area contributed by atoms with Crippen molar-refractivity contribution in [3.05, 3.63) is 48.5 Å². The molecule has 2 aromatic carbocycles. The molecule has 0 aliphatic carbocycles. The number of esters is 1. The van der Waals surface area contributed by atoms with Crippen LogP contribution in [0.4, 0.5) is 0 Å². The van der Waals surface area contributed by atoms with E-state index in [1.807, 2.05) is 43.3 Å². The Morgan fingerprint density at radius 1 is 0.686 bits per heavy atom. The smallest absolute Gasteiger partial charge is 0.335 e. The summed E-state index contributed by atoms with van der Waals surface area (Å²) in [5, 5.41) is 0. The van der Waals surface area contributed by atoms with Gasteiger partial charge in [-0.05, 0) is 62.1 Å². The maximum atomic E-state index is 12.1. The summed E-state index contributed by atoms with van der Waals surface area (Å²) in [4.78, 5) is 12.1. The molecular formula is C30H44O5. The molecule has 0 radical (unpaired) electrons. The number of hydrogen-bond donors (Lipinski definition) is 0. The summed E-state index contributed by atoms with van der Waals surface area (Å²) in [6.07, 6.45) is 8.63. The van der Waals surface area contributed by atoms with Gasteiger partial charge >= 0.3 is 5.97 Å². The summed E-state index contributed by atoms with van der Waals surface area (Å²) in [6.45, 7) is 9.50. The Labute approximate surface area is 212 Å². The molecule has 5 heteroatoms. The first kappa shape index (κ1) is 28.7. The molecule has 0 saturated heterocycles. The van der Waals surface area contributed by atoms with Crippen LogP contribution < -0.4 is 9.47 Å². The topological polar surface area (TPSA) is 54.0 Å². The minimum atomic E-state index is -0.560. The quantitative estimate of drug-likeness (QED) is 0.161. The molecule has 0 bridgehead atoms. The number of hydrogen-bond acceptors (Lipinski definition) is 5. The van der Waals surface area contributed by atoms with Crippen molar-refractivity contribution in [3.8, 4) is 22.6 Å². The van der Waals surface area contributed by atoms with E-state index in [4.69, 9.17) is 18.9 Å². The van der Waals surface area contributed by atoms with Crippen LogP contribution in [0.25, 0.3) is 11.1 Å². The molecule has 0 spiro atoms. The largest absolute Gasteiger partial charge is 0.494 e. The third-order valence-electron chi connectivity index (χ3n) is 5.81. The van der Waals surface area contributed by atoms with Gasteiger partial charge in [-0.25, -0.2) is 4.79 Å². The highest BCUT2D eigenvalue weighted by molar-refractivity contribution is 5.74. The number of rotatable bonds is 18. The maximum absolute atomic E-state index is 12.1. The monoisotopic (exact) mass is 484 g/mol. The van der Waals surface area contributed by atoms with E-state index < -0.39 is 6.10 Å². The molecule has 194 valence electrons. The van der Waals surface area contributed by atoms with E-state index >= 15 is 0 Å². The molecule has 0 N–H and O–H groups in total. The van der Waals surface area contributed by atoms with Gasteiger partial charge < -0.3 is 18.9 Å². The summed E-state index contributed by atoms with van der Waals surface area (Å²) in [5.41, 5.74) is 2.24. The summed E-state index contributed by atoms with van der Waals surface area (Å²) < 4.78 is 22.6. The highest BCUT2D eigenvalue weighted by atomic mass is 16.6. The second-order valence-electron chi connectivity index (χ2n) is 9.09. The average molecular weight is 485 g/mol. The lowest BCUT2D eigenvalue weighted by Gasteiger charge is -2.18. The molecule has 0 aliphatic heterocycles. The van der Waals surface area contributed by atoms with E-state index in [0.29, 0.717) is 6.61 Å². The van der Waals surface area contributed by atoms with Crippen LogP contribution in [-0.2, 0) is 14.3 Å². The Morgan fingerprint density at radius 3 is 1.83 bits per heavy atom. The molecule has 2 aromatic rings. The van der Waals surface area contributed by atoms with E-state index in [2.05, 4.69) is 26.0 Å². The summed E-state index contributed by atoms with van der Waals surface area (Å²) in [6, 6.07) is 16.1. The molecule has 2 rings (SSSR count). The standard InChI is InChI=1S/C30H44O5/c1-5-7-9-10-11-12-22-33-28-17-13-26(14-18-28)27-15-19-29(20-16-27)34-23-24(3)35-30(31)25(4)32-21-8-6-2/h13-20,24-25H,5-12,21-23H2,1-4H3/t24-,25?/m1/s1. The maximum Gasteiger partial charge on any atom is 0.335 e. The fourth-order valence-corrected chi connectivity index (χ4v) is 3.57. The fraction of sp³-hybridized carbons (Fsp3) is 0.567. The Morgan fingerprint density at radius 2 is 1.23 bits per heavy atom. The van der Waals surface area contributed by atoms with Crippen molar-refractivity contribution in [2.24, 2.45) is 0 Å². The SMILES string of the molecule is CCCCCCCCOc1ccc(-c2ccc(OC[C@@H](C)OC(=O)C(C)OCCCC)cc2)cc1. The fourth-order valence-electron chi connectivity index (χ4n) is 3.57. The van der Waals surface area contributed by atoms with Crippen LogP contribution in [0.2, 0.25) is 0 Å². The molecule has 0 saturated carbocycles. The minimum Gasteiger partial charge on any atom is -0.494 e. The third-order valence-corrected chi connectivity index (χ3v) is 5.81. The molecule has 0 aromatic heterocycles. The van der Waals surface area contributed by atoms with Crippen molar-refractivity contribution in [1.82, 2.24) is 0 Å². The lowest BCUT2D eigenvalue weighted by molar-refractivity contribution is -0.162. The number of carbonyl (C=O) groups excluding carboxylic acids is 1. The number of benzene rings is 2. The molecule has 2 atom stereocenters. The van der Waals surface area contributed by atoms with Gasteiger partial charge in [0.05, 0.1) is 6.61 Å². The van der Waals surface area contributed by atoms with E-state index in [0.717, 1.165) is 48.5 Å². The lowest BCUT2D eigenvalue weighted by atomic mass is 10.1. The first-order valence-electron chi connectivity index (χ1n) is 13.3. The van der Waals surface area contributed by atoms with Crippen molar-refractivity contribution < 1.29 is 23.7 Å². The van der Waals surface area contributed by atoms with Crippen molar-refractivity contribution in [3.63, 3.8) is 0 Å². The predicted octanol–water partition coefficient (Wildman–Crippen LogP) is 7.61. The first-order valence-corrected chi connectivity index (χ1v) is 13.3. The van der Waals surface area contributed by atoms with E-state index in [1.165, 1.54) is 32.1 Å². The van der Waals surface area contributed by atoms with Crippen LogP contribution in [0.15, 0.2) is 48.5 Å². The van der Waals surface area contributed by atoms with Gasteiger partial charge in [-0.2, -0.15) is 0 Å². The molecule has 5 nitrogen and oxygen atoms in total. The second-order valence-corrected chi connectivity index (χ2v) is 9.09. The first-order chi connectivity index (χ1) is 17.0. The van der Waals surface area contributed by atoms with Gasteiger partial charge in [-0.1, -0.05) is 76.6 Å². The zero-order chi connectivity index (χ0) is 25.3. The second kappa shape index (κ2) is 17.0. The average Bonchev–Trinajstić information content (AvgIpc) is 2.87. The minimum absolute atomic E-state index is 0.289. The molecule has 1 unspecified atom stereocenters. The van der Waals surface area contributed by atoms with Crippen LogP contribution in [-0.4, -0.2) is 38.0 Å². The van der Waals surface area contributed by atoms with Crippen LogP contribution in [0.5, 0.6) is 11.5 Å². The Bertz CT molecular complexity index is 816. The van der Waals surface area contributed by atoms with Crippen LogP contribution in [0, 0.1) is 0 Å². The van der Waals surface area contributed by atoms with Gasteiger partial charge in [0.2, 0.25) is 0 Å². The number of carbonyl (C=O) groups is 1. The van der Waals surface area contributed by atoms with Crippen molar-refractivity contribution in [2.45, 2.75) is 91.3 Å². The van der Waals surface area contributed by atoms with E-state index in [9.17, 15) is 4.79 Å². The summed E-state index contributed by atoms with van der Waals surface area (Å²) in [5.74, 6) is 1.30. The third kappa shape index (κ3) is 11.6. The van der Waals surface area contributed by atoms with Gasteiger partial charge in [0.25, 0.3) is 0 Å². The molecule has 35 heavy (non-hydrogen) atoms. The zero-order valence-electron chi connectivity index (χ0n) is 22.1. The summed E-state index contributed by atoms with van der Waals surface area (Å²) in [7, 11) is 0. The number of unbranched alkanes of at least 4 members (excludes halogenated alkanes) is 6. The zero-order valence-corrected chi connectivity index (χ0v) is 22.1. The van der Waals surface area contributed by atoms with Crippen molar-refractivity contribution >= 4 is 5.97 Å². The van der Waals surface area contributed by atoms with Crippen LogP contribution >= 0.6 is 0 Å². The van der Waals surface area contributed by atoms with E-state index in [1.54, 1.807) is 6.92 Å². The van der Waals surface area contributed by atoms with Crippen molar-refractivity contribution in [2.75, 3.05) is 19.8 Å². The normalized spacial score (nSPS) is 12.7. The van der Waals surface area contributed by atoms with Gasteiger partial charge in [-0.3, -0.25) is 0 Å². The predicted molar refractivity (Wildman–Crippen MR) is 142 cm³/mol. The Hall–Kier alpha value is -2.53. The lowest BCUT2D eigenvalue weighted by Crippen LogP contribution is -2.30. The molecule has 0 heterocycles. The number of ether oxygens (including phenoxy) is 4. The Kier molecular flexibility index (Phi) is 13.9. The molecule has 0 amide bonds. The molecular weight excluding hydrogens is 440 g/mol. The highest BCUT2D eigenvalue weighted by Crippen LogP contribution is 2.25. The van der Waals surface area contributed by atoms with Gasteiger partial charge in [0.1, 0.15) is 24.2 Å². The van der Waals surface area contributed by atoms with E-state index in [-0.39, 0.29) is 18.7 Å².